The molecule has 0 atom stereocenters. The summed E-state index contributed by atoms with van der Waals surface area (Å²) in [5.74, 6) is 0. The summed E-state index contributed by atoms with van der Waals surface area (Å²) < 4.78 is 48.7. The van der Waals surface area contributed by atoms with Crippen LogP contribution in [0.25, 0.3) is 88.4 Å². The Morgan fingerprint density at radius 3 is 1.42 bits per heavy atom. The number of hydrogen-bond donors (Lipinski definition) is 0. The minimum atomic E-state index is -4.63. The smallest absolute Gasteiger partial charge is 0.309 e. The molecule has 0 aliphatic carbocycles. The number of benzene rings is 8. The van der Waals surface area contributed by atoms with Crippen molar-refractivity contribution in [2.75, 3.05) is 0 Å². The van der Waals surface area contributed by atoms with Gasteiger partial charge in [-0.2, -0.15) is 18.4 Å². The highest BCUT2D eigenvalue weighted by atomic mass is 19.4. The summed E-state index contributed by atoms with van der Waals surface area (Å²) in [6, 6.07) is 53.4. The Bertz CT molecular complexity index is 3390. The maximum atomic E-state index is 14.8. The molecule has 0 bridgehead atoms. The van der Waals surface area contributed by atoms with E-state index in [0.29, 0.717) is 22.5 Å². The second kappa shape index (κ2) is 13.9. The van der Waals surface area contributed by atoms with Crippen LogP contribution in [0.5, 0.6) is 0 Å². The summed E-state index contributed by atoms with van der Waals surface area (Å²) in [4.78, 5) is 0. The van der Waals surface area contributed by atoms with Gasteiger partial charge in [0.25, 0.3) is 0 Å². The van der Waals surface area contributed by atoms with E-state index in [9.17, 15) is 18.4 Å². The molecular weight excluding hydrogens is 748 g/mol. The molecule has 0 aliphatic rings. The first-order valence-electron chi connectivity index (χ1n) is 20.0. The van der Waals surface area contributed by atoms with Crippen molar-refractivity contribution in [2.45, 2.75) is 33.9 Å². The summed E-state index contributed by atoms with van der Waals surface area (Å²) in [5, 5.41) is 14.8. The van der Waals surface area contributed by atoms with Crippen LogP contribution in [0.4, 0.5) is 13.2 Å². The minimum absolute atomic E-state index is 0.267. The maximum Gasteiger partial charge on any atom is 0.416 e. The predicted molar refractivity (Wildman–Crippen MR) is 240 cm³/mol. The Hall–Kier alpha value is -7.36. The molecule has 0 fully saturated rings. The maximum absolute atomic E-state index is 14.8. The Morgan fingerprint density at radius 1 is 0.433 bits per heavy atom. The van der Waals surface area contributed by atoms with Crippen molar-refractivity contribution in [3.63, 3.8) is 0 Å². The molecule has 6 heteroatoms. The van der Waals surface area contributed by atoms with Crippen LogP contribution in [-0.2, 0) is 6.18 Å². The molecule has 10 rings (SSSR count). The third-order valence-corrected chi connectivity index (χ3v) is 11.7. The number of aromatic nitrogens is 2. The molecule has 0 saturated carbocycles. The number of alkyl halides is 3. The molecule has 2 heterocycles. The molecule has 0 N–H and O–H groups in total. The van der Waals surface area contributed by atoms with Crippen LogP contribution < -0.4 is 0 Å². The minimum Gasteiger partial charge on any atom is -0.309 e. The Labute approximate surface area is 345 Å². The van der Waals surface area contributed by atoms with Crippen molar-refractivity contribution in [2.24, 2.45) is 0 Å². The van der Waals surface area contributed by atoms with E-state index in [0.717, 1.165) is 71.9 Å². The average molecular weight is 786 g/mol. The van der Waals surface area contributed by atoms with Gasteiger partial charge in [0, 0.05) is 32.7 Å². The van der Waals surface area contributed by atoms with Gasteiger partial charge < -0.3 is 9.13 Å². The fourth-order valence-corrected chi connectivity index (χ4v) is 9.32. The Balaban J connectivity index is 1.27. The monoisotopic (exact) mass is 785 g/mol. The largest absolute Gasteiger partial charge is 0.416 e. The third kappa shape index (κ3) is 6.05. The fourth-order valence-electron chi connectivity index (χ4n) is 9.32. The second-order valence-corrected chi connectivity index (χ2v) is 16.0. The number of hydrogen-bond acceptors (Lipinski definition) is 1. The van der Waals surface area contributed by atoms with Gasteiger partial charge in [-0.25, -0.2) is 0 Å². The van der Waals surface area contributed by atoms with Gasteiger partial charge in [-0.15, -0.1) is 0 Å². The second-order valence-electron chi connectivity index (χ2n) is 16.0. The lowest BCUT2D eigenvalue weighted by Gasteiger charge is -2.21. The van der Waals surface area contributed by atoms with Gasteiger partial charge in [0.1, 0.15) is 0 Å². The van der Waals surface area contributed by atoms with Crippen molar-refractivity contribution >= 4 is 43.6 Å². The van der Waals surface area contributed by atoms with E-state index in [1.54, 1.807) is 12.1 Å². The highest BCUT2D eigenvalue weighted by Crippen LogP contribution is 2.45. The summed E-state index contributed by atoms with van der Waals surface area (Å²) >= 11 is 0. The molecule has 10 aromatic rings. The van der Waals surface area contributed by atoms with Gasteiger partial charge in [0.05, 0.1) is 50.6 Å². The van der Waals surface area contributed by atoms with Crippen molar-refractivity contribution in [1.29, 1.82) is 5.26 Å². The predicted octanol–water partition coefficient (Wildman–Crippen LogP) is 15.0. The van der Waals surface area contributed by atoms with Crippen molar-refractivity contribution in [3.05, 3.63) is 191 Å². The Morgan fingerprint density at radius 2 is 0.917 bits per heavy atom. The average Bonchev–Trinajstić information content (AvgIpc) is 3.74. The quantitative estimate of drug-likeness (QED) is 0.171. The van der Waals surface area contributed by atoms with E-state index in [2.05, 4.69) is 123 Å². The summed E-state index contributed by atoms with van der Waals surface area (Å²) in [6.45, 7) is 8.36. The van der Waals surface area contributed by atoms with Crippen LogP contribution in [0, 0.1) is 39.0 Å². The summed E-state index contributed by atoms with van der Waals surface area (Å²) in [5.41, 5.74) is 13.8. The topological polar surface area (TPSA) is 33.6 Å². The first kappa shape index (κ1) is 36.9. The normalized spacial score (nSPS) is 11.9. The first-order valence-corrected chi connectivity index (χ1v) is 20.0. The standard InChI is InChI=1S/C54H38F3N3/c1-32-22-33(2)25-39(24-32)36-16-19-49-44(28-36)42-11-5-7-13-47(42)59(49)51-21-18-41(54(55,56)57)30-46(51)53-38(31-58)10-9-15-52(53)60-48-14-8-6-12-43(48)45-29-37(17-20-50(45)60)40-26-34(3)23-35(4)27-40/h5-30H,1-4H3. The highest BCUT2D eigenvalue weighted by molar-refractivity contribution is 6.13. The van der Waals surface area contributed by atoms with E-state index in [-0.39, 0.29) is 5.56 Å². The number of nitrogens with zero attached hydrogens (tertiary/aromatic N) is 3. The zero-order valence-corrected chi connectivity index (χ0v) is 33.5. The number of fused-ring (bicyclic) bond motifs is 6. The SMILES string of the molecule is Cc1cc(C)cc(-c2ccc3c(c2)c2ccccc2n3-c2ccc(C(F)(F)F)cc2-c2c(C#N)cccc2-n2c3ccccc3c3cc(-c4cc(C)cc(C)c4)ccc32)c1. The first-order chi connectivity index (χ1) is 29.0. The van der Waals surface area contributed by atoms with Crippen LogP contribution in [0.3, 0.4) is 0 Å². The summed E-state index contributed by atoms with van der Waals surface area (Å²) in [6.07, 6.45) is -4.63. The van der Waals surface area contributed by atoms with E-state index < -0.39 is 11.7 Å². The molecule has 0 saturated heterocycles. The molecule has 290 valence electrons. The molecule has 0 spiro atoms. The summed E-state index contributed by atoms with van der Waals surface area (Å²) in [7, 11) is 0. The number of rotatable bonds is 5. The molecule has 0 aliphatic heterocycles. The van der Waals surface area contributed by atoms with E-state index in [1.165, 1.54) is 28.3 Å². The van der Waals surface area contributed by atoms with Gasteiger partial charge in [-0.3, -0.25) is 0 Å². The van der Waals surface area contributed by atoms with Crippen molar-refractivity contribution in [3.8, 4) is 50.8 Å². The highest BCUT2D eigenvalue weighted by Gasteiger charge is 2.33. The zero-order valence-electron chi connectivity index (χ0n) is 33.5. The Kier molecular flexibility index (Phi) is 8.55. The van der Waals surface area contributed by atoms with Crippen LogP contribution in [0.2, 0.25) is 0 Å². The van der Waals surface area contributed by atoms with E-state index in [4.69, 9.17) is 0 Å². The number of aryl methyl sites for hydroxylation is 4. The van der Waals surface area contributed by atoms with Crippen LogP contribution >= 0.6 is 0 Å². The molecule has 2 aromatic heterocycles. The number of para-hydroxylation sites is 2. The van der Waals surface area contributed by atoms with Gasteiger partial charge in [-0.05, 0) is 117 Å². The lowest BCUT2D eigenvalue weighted by Crippen LogP contribution is -2.08. The lowest BCUT2D eigenvalue weighted by molar-refractivity contribution is -0.137. The van der Waals surface area contributed by atoms with Crippen LogP contribution in [-0.4, -0.2) is 9.13 Å². The molecule has 8 aromatic carbocycles. The molecule has 0 radical (unpaired) electrons. The lowest BCUT2D eigenvalue weighted by atomic mass is 9.94. The van der Waals surface area contributed by atoms with Gasteiger partial charge in [-0.1, -0.05) is 113 Å². The molecule has 0 unspecified atom stereocenters. The van der Waals surface area contributed by atoms with E-state index in [1.807, 2.05) is 53.1 Å². The van der Waals surface area contributed by atoms with Gasteiger partial charge in [0.15, 0.2) is 0 Å². The zero-order chi connectivity index (χ0) is 41.4. The van der Waals surface area contributed by atoms with E-state index >= 15 is 0 Å². The number of halogens is 3. The molecule has 3 nitrogen and oxygen atoms in total. The number of nitriles is 1. The van der Waals surface area contributed by atoms with Crippen molar-refractivity contribution in [1.82, 2.24) is 9.13 Å². The van der Waals surface area contributed by atoms with Crippen LogP contribution in [0.15, 0.2) is 158 Å². The van der Waals surface area contributed by atoms with Crippen LogP contribution in [0.1, 0.15) is 33.4 Å². The molecule has 0 amide bonds. The molecule has 60 heavy (non-hydrogen) atoms. The fraction of sp³-hybridized carbons (Fsp3) is 0.0926. The molecular formula is C54H38F3N3. The third-order valence-electron chi connectivity index (χ3n) is 11.7. The van der Waals surface area contributed by atoms with Crippen molar-refractivity contribution < 1.29 is 13.2 Å². The van der Waals surface area contributed by atoms with Gasteiger partial charge in [0.2, 0.25) is 0 Å². The van der Waals surface area contributed by atoms with Gasteiger partial charge >= 0.3 is 6.18 Å².